The molecule has 1 unspecified atom stereocenters. The Morgan fingerprint density at radius 3 is 2.04 bits per heavy atom. The van der Waals surface area contributed by atoms with E-state index in [4.69, 9.17) is 63.9 Å². The van der Waals surface area contributed by atoms with E-state index < -0.39 is 40.3 Å². The summed E-state index contributed by atoms with van der Waals surface area (Å²) in [7, 11) is 0. The van der Waals surface area contributed by atoms with Gasteiger partial charge in [0.05, 0.1) is 26.4 Å². The van der Waals surface area contributed by atoms with Crippen molar-refractivity contribution in [1.29, 1.82) is 5.41 Å². The summed E-state index contributed by atoms with van der Waals surface area (Å²) in [6, 6.07) is 32.2. The van der Waals surface area contributed by atoms with Gasteiger partial charge in [0.25, 0.3) is 3.79 Å². The highest BCUT2D eigenvalue weighted by Gasteiger charge is 2.50. The maximum absolute atomic E-state index is 9.56. The molecule has 1 heterocycles. The summed E-state index contributed by atoms with van der Waals surface area (Å²) < 4.78 is 28.8. The molecule has 0 saturated carbocycles. The summed E-state index contributed by atoms with van der Waals surface area (Å²) in [5.74, 6) is -0.697. The molecule has 1 aliphatic rings. The molecule has 234 valence electrons. The maximum Gasteiger partial charge on any atom is 0.265 e. The fraction of sp³-hybridized carbons (Fsp3) is 0.303. The highest BCUT2D eigenvalue weighted by Crippen LogP contribution is 2.34. The lowest BCUT2D eigenvalue weighted by Crippen LogP contribution is -2.61. The smallest absolute Gasteiger partial charge is 0.265 e. The fourth-order valence-corrected chi connectivity index (χ4v) is 5.17. The summed E-state index contributed by atoms with van der Waals surface area (Å²) in [6.45, 7) is 0.748. The first-order valence-electron chi connectivity index (χ1n) is 14.2. The Morgan fingerprint density at radius 1 is 0.778 bits per heavy atom. The van der Waals surface area contributed by atoms with Gasteiger partial charge < -0.3 is 23.7 Å². The van der Waals surface area contributed by atoms with E-state index in [1.54, 1.807) is 0 Å². The molecule has 0 aromatic heterocycles. The van der Waals surface area contributed by atoms with E-state index >= 15 is 0 Å². The highest BCUT2D eigenvalue weighted by atomic mass is 35.6. The minimum atomic E-state index is -2.17. The van der Waals surface area contributed by atoms with Crippen LogP contribution in [0.1, 0.15) is 16.7 Å². The molecule has 0 amide bonds. The van der Waals surface area contributed by atoms with Crippen LogP contribution in [0.4, 0.5) is 0 Å². The fourth-order valence-electron chi connectivity index (χ4n) is 5.04. The normalized spacial score (nSPS) is 21.6. The van der Waals surface area contributed by atoms with Crippen LogP contribution in [0.2, 0.25) is 0 Å². The minimum absolute atomic E-state index is 0.0619. The molecule has 4 aromatic rings. The Kier molecular flexibility index (Phi) is 11.6. The molecule has 12 heteroatoms. The molecule has 45 heavy (non-hydrogen) atoms. The molecular weight excluding hydrogens is 639 g/mol. The number of hydrogen-bond acceptors (Lipinski definition) is 7. The number of alkyl halides is 3. The van der Waals surface area contributed by atoms with Gasteiger partial charge in [0.15, 0.2) is 0 Å². The quantitative estimate of drug-likeness (QED) is 0.0407. The van der Waals surface area contributed by atoms with Crippen LogP contribution in [0.25, 0.3) is 21.2 Å². The molecule has 1 saturated heterocycles. The number of benzene rings is 4. The summed E-state index contributed by atoms with van der Waals surface area (Å²) >= 11 is 17.8. The molecule has 5 rings (SSSR count). The van der Waals surface area contributed by atoms with Crippen molar-refractivity contribution in [3.63, 3.8) is 0 Å². The van der Waals surface area contributed by atoms with Crippen molar-refractivity contribution in [3.05, 3.63) is 130 Å². The molecular formula is C33H31Cl3N4O5. The predicted molar refractivity (Wildman–Crippen MR) is 174 cm³/mol. The Labute approximate surface area is 276 Å². The molecule has 0 aliphatic carbocycles. The average molecular weight is 670 g/mol. The zero-order valence-electron chi connectivity index (χ0n) is 24.0. The zero-order chi connectivity index (χ0) is 31.6. The second-order valence-electron chi connectivity index (χ2n) is 10.4. The highest BCUT2D eigenvalue weighted by molar-refractivity contribution is 6.76. The van der Waals surface area contributed by atoms with Crippen LogP contribution in [-0.2, 0) is 43.5 Å². The van der Waals surface area contributed by atoms with Crippen molar-refractivity contribution in [2.24, 2.45) is 5.11 Å². The number of nitrogens with one attached hydrogen (secondary N) is 1. The first-order chi connectivity index (χ1) is 21.8. The Bertz CT molecular complexity index is 1600. The summed E-state index contributed by atoms with van der Waals surface area (Å²) in [5.41, 5.74) is 12.3. The number of rotatable bonds is 12. The van der Waals surface area contributed by atoms with Gasteiger partial charge in [-0.1, -0.05) is 137 Å². The average Bonchev–Trinajstić information content (AvgIpc) is 3.05. The molecule has 0 bridgehead atoms. The van der Waals surface area contributed by atoms with Crippen LogP contribution in [0, 0.1) is 5.41 Å². The van der Waals surface area contributed by atoms with Gasteiger partial charge in [0.2, 0.25) is 12.2 Å². The van der Waals surface area contributed by atoms with Gasteiger partial charge in [-0.2, -0.15) is 0 Å². The molecule has 0 radical (unpaired) electrons. The topological polar surface area (TPSA) is 119 Å². The van der Waals surface area contributed by atoms with Gasteiger partial charge in [-0.15, -0.1) is 0 Å². The van der Waals surface area contributed by atoms with Crippen LogP contribution in [0.3, 0.4) is 0 Å². The van der Waals surface area contributed by atoms with Crippen LogP contribution < -0.4 is 0 Å². The van der Waals surface area contributed by atoms with Crippen molar-refractivity contribution in [1.82, 2.24) is 0 Å². The van der Waals surface area contributed by atoms with Crippen LogP contribution >= 0.6 is 34.8 Å². The van der Waals surface area contributed by atoms with Gasteiger partial charge >= 0.3 is 0 Å². The lowest BCUT2D eigenvalue weighted by Gasteiger charge is -2.44. The molecule has 1 fully saturated rings. The number of azide groups is 1. The van der Waals surface area contributed by atoms with E-state index in [-0.39, 0.29) is 19.8 Å². The van der Waals surface area contributed by atoms with Crippen molar-refractivity contribution in [2.45, 2.75) is 54.3 Å². The number of fused-ring (bicyclic) bond motifs is 1. The lowest BCUT2D eigenvalue weighted by atomic mass is 9.96. The Hall–Kier alpha value is -3.37. The Balaban J connectivity index is 1.45. The third-order valence-electron chi connectivity index (χ3n) is 7.23. The number of halogens is 3. The van der Waals surface area contributed by atoms with E-state index in [1.807, 2.05) is 97.1 Å². The lowest BCUT2D eigenvalue weighted by molar-refractivity contribution is -0.269. The summed E-state index contributed by atoms with van der Waals surface area (Å²) in [5, 5.41) is 14.3. The molecule has 5 atom stereocenters. The summed E-state index contributed by atoms with van der Waals surface area (Å²) in [4.78, 5) is 3.03. The third-order valence-corrected chi connectivity index (χ3v) is 7.74. The molecule has 1 aliphatic heterocycles. The second kappa shape index (κ2) is 15.8. The van der Waals surface area contributed by atoms with Crippen molar-refractivity contribution >= 4 is 51.5 Å². The molecule has 1 N–H and O–H groups in total. The van der Waals surface area contributed by atoms with Crippen molar-refractivity contribution in [3.8, 4) is 0 Å². The van der Waals surface area contributed by atoms with E-state index in [0.29, 0.717) is 6.61 Å². The van der Waals surface area contributed by atoms with Gasteiger partial charge in [0.1, 0.15) is 24.4 Å². The standard InChI is InChI=1S/C33H31Cl3N4O5/c34-33(35,36)32(37)45-31-28(39-40-38)30(43-19-23-11-5-2-6-12-23)29(27(44-31)21-41-18-22-9-3-1-4-10-22)42-20-24-15-16-25-13-7-8-14-26(25)17-24/h1-17,27-31,37H,18-21H2/t27-,28-,29-,30-,31?/m1/s1. The molecule has 9 nitrogen and oxygen atoms in total. The molecule has 4 aromatic carbocycles. The predicted octanol–water partition coefficient (Wildman–Crippen LogP) is 8.30. The minimum Gasteiger partial charge on any atom is -0.448 e. The van der Waals surface area contributed by atoms with Crippen molar-refractivity contribution < 1.29 is 23.7 Å². The van der Waals surface area contributed by atoms with E-state index in [9.17, 15) is 5.53 Å². The van der Waals surface area contributed by atoms with Crippen LogP contribution in [0.15, 0.2) is 108 Å². The number of nitrogens with zero attached hydrogens (tertiary/aromatic N) is 3. The third kappa shape index (κ3) is 9.10. The van der Waals surface area contributed by atoms with Crippen LogP contribution in [0.5, 0.6) is 0 Å². The number of hydrogen-bond donors (Lipinski definition) is 1. The van der Waals surface area contributed by atoms with Gasteiger partial charge in [-0.25, -0.2) is 0 Å². The zero-order valence-corrected chi connectivity index (χ0v) is 26.3. The second-order valence-corrected chi connectivity index (χ2v) is 12.7. The van der Waals surface area contributed by atoms with Crippen molar-refractivity contribution in [2.75, 3.05) is 6.61 Å². The van der Waals surface area contributed by atoms with Gasteiger partial charge in [0, 0.05) is 4.91 Å². The first kappa shape index (κ1) is 33.0. The van der Waals surface area contributed by atoms with Crippen LogP contribution in [-0.4, -0.2) is 46.9 Å². The van der Waals surface area contributed by atoms with E-state index in [2.05, 4.69) is 16.1 Å². The monoisotopic (exact) mass is 668 g/mol. The van der Waals surface area contributed by atoms with E-state index in [0.717, 1.165) is 27.5 Å². The summed E-state index contributed by atoms with van der Waals surface area (Å²) in [6.07, 6.45) is -3.80. The maximum atomic E-state index is 9.56. The number of ether oxygens (including phenoxy) is 5. The Morgan fingerprint density at radius 2 is 1.38 bits per heavy atom. The van der Waals surface area contributed by atoms with E-state index in [1.165, 1.54) is 0 Å². The van der Waals surface area contributed by atoms with Gasteiger partial charge in [-0.05, 0) is 39.1 Å². The molecule has 0 spiro atoms. The largest absolute Gasteiger partial charge is 0.448 e. The van der Waals surface area contributed by atoms with Gasteiger partial charge in [-0.3, -0.25) is 5.41 Å². The first-order valence-corrected chi connectivity index (χ1v) is 15.3. The SMILES string of the molecule is [N-]=[N+]=N[C@H]1C(OC(=N)C(Cl)(Cl)Cl)O[C@H](COCc2ccccc2)[C@@H](OCc2ccc3ccccc3c2)[C@@H]1OCc1ccccc1.